The molecule has 0 saturated heterocycles. The van der Waals surface area contributed by atoms with Crippen molar-refractivity contribution in [2.24, 2.45) is 0 Å². The maximum absolute atomic E-state index is 5.64. The smallest absolute Gasteiger partial charge is 0.134 e. The highest BCUT2D eigenvalue weighted by atomic mass is 28.2. The summed E-state index contributed by atoms with van der Waals surface area (Å²) in [5.74, 6) is 0.0765. The van der Waals surface area contributed by atoms with Gasteiger partial charge in [-0.05, 0) is 25.9 Å². The molecule has 0 rings (SSSR count). The first-order valence-electron chi connectivity index (χ1n) is 7.14. The topological polar surface area (TPSA) is 30.9 Å². The van der Waals surface area contributed by atoms with E-state index in [0.717, 1.165) is 45.7 Å². The fourth-order valence-corrected chi connectivity index (χ4v) is 3.18. The van der Waals surface area contributed by atoms with Crippen molar-refractivity contribution in [1.82, 2.24) is 4.90 Å². The molecule has 0 aromatic heterocycles. The van der Waals surface area contributed by atoms with E-state index in [1.807, 2.05) is 0 Å². The summed E-state index contributed by atoms with van der Waals surface area (Å²) in [4.78, 5) is 2.43. The predicted molar refractivity (Wildman–Crippen MR) is 79.0 cm³/mol. The Morgan fingerprint density at radius 3 is 2.17 bits per heavy atom. The molecule has 0 aromatic rings. The maximum atomic E-state index is 5.64. The van der Waals surface area contributed by atoms with Crippen LogP contribution in [-0.4, -0.2) is 67.4 Å². The van der Waals surface area contributed by atoms with Crippen LogP contribution in [-0.2, 0) is 14.2 Å². The van der Waals surface area contributed by atoms with Gasteiger partial charge in [-0.1, -0.05) is 19.9 Å². The molecule has 0 unspecified atom stereocenters. The van der Waals surface area contributed by atoms with E-state index in [1.54, 1.807) is 14.2 Å². The SMILES string of the molecule is CCN(CC)CCCOCCC[SiH2]C(OC)OC. The molecule has 0 atom stereocenters. The van der Waals surface area contributed by atoms with E-state index in [-0.39, 0.29) is 15.4 Å². The van der Waals surface area contributed by atoms with Crippen LogP contribution in [0.1, 0.15) is 26.7 Å². The van der Waals surface area contributed by atoms with Gasteiger partial charge >= 0.3 is 0 Å². The van der Waals surface area contributed by atoms with E-state index in [4.69, 9.17) is 14.2 Å². The Morgan fingerprint density at radius 2 is 1.61 bits per heavy atom. The third kappa shape index (κ3) is 10.0. The van der Waals surface area contributed by atoms with Crippen LogP contribution in [0.3, 0.4) is 0 Å². The van der Waals surface area contributed by atoms with Gasteiger partial charge in [-0.15, -0.1) is 0 Å². The zero-order chi connectivity index (χ0) is 13.6. The van der Waals surface area contributed by atoms with Crippen LogP contribution in [0.4, 0.5) is 0 Å². The molecule has 0 spiro atoms. The van der Waals surface area contributed by atoms with Crippen LogP contribution in [0, 0.1) is 0 Å². The van der Waals surface area contributed by atoms with E-state index in [9.17, 15) is 0 Å². The van der Waals surface area contributed by atoms with Crippen molar-refractivity contribution in [2.45, 2.75) is 38.6 Å². The summed E-state index contributed by atoms with van der Waals surface area (Å²) in [6.07, 6.45) is 2.28. The van der Waals surface area contributed by atoms with E-state index in [0.29, 0.717) is 0 Å². The number of ether oxygens (including phenoxy) is 3. The van der Waals surface area contributed by atoms with Crippen molar-refractivity contribution >= 4 is 9.52 Å². The Labute approximate surface area is 115 Å². The van der Waals surface area contributed by atoms with Gasteiger partial charge in [0.25, 0.3) is 0 Å². The van der Waals surface area contributed by atoms with Gasteiger partial charge in [0, 0.05) is 34.0 Å². The molecule has 4 nitrogen and oxygen atoms in total. The minimum absolute atomic E-state index is 0.0765. The first-order valence-corrected chi connectivity index (χ1v) is 8.95. The van der Waals surface area contributed by atoms with Crippen LogP contribution in [0.5, 0.6) is 0 Å². The van der Waals surface area contributed by atoms with Gasteiger partial charge in [0.15, 0.2) is 0 Å². The minimum Gasteiger partial charge on any atom is -0.381 e. The maximum Gasteiger partial charge on any atom is 0.134 e. The Balaban J connectivity index is 3.21. The number of nitrogens with zero attached hydrogens (tertiary/aromatic N) is 1. The van der Waals surface area contributed by atoms with Crippen molar-refractivity contribution in [3.63, 3.8) is 0 Å². The first kappa shape index (κ1) is 18.1. The van der Waals surface area contributed by atoms with Gasteiger partial charge in [0.1, 0.15) is 5.91 Å². The quantitative estimate of drug-likeness (QED) is 0.288. The molecule has 0 aromatic carbocycles. The van der Waals surface area contributed by atoms with Gasteiger partial charge in [0.05, 0.1) is 9.52 Å². The minimum atomic E-state index is -0.267. The summed E-state index contributed by atoms with van der Waals surface area (Å²) < 4.78 is 16.0. The first-order chi connectivity index (χ1) is 8.78. The average Bonchev–Trinajstić information content (AvgIpc) is 2.41. The van der Waals surface area contributed by atoms with Crippen molar-refractivity contribution in [3.8, 4) is 0 Å². The number of rotatable bonds is 13. The molecule has 110 valence electrons. The van der Waals surface area contributed by atoms with Crippen molar-refractivity contribution in [1.29, 1.82) is 0 Å². The van der Waals surface area contributed by atoms with Gasteiger partial charge in [0.2, 0.25) is 0 Å². The van der Waals surface area contributed by atoms with E-state index in [1.165, 1.54) is 6.04 Å². The third-order valence-electron chi connectivity index (χ3n) is 3.16. The summed E-state index contributed by atoms with van der Waals surface area (Å²) in [7, 11) is 3.16. The second-order valence-electron chi connectivity index (χ2n) is 4.39. The van der Waals surface area contributed by atoms with E-state index >= 15 is 0 Å². The predicted octanol–water partition coefficient (Wildman–Crippen LogP) is 1.29. The highest BCUT2D eigenvalue weighted by molar-refractivity contribution is 6.36. The molecule has 0 aliphatic carbocycles. The third-order valence-corrected chi connectivity index (χ3v) is 5.21. The second kappa shape index (κ2) is 13.5. The van der Waals surface area contributed by atoms with Gasteiger partial charge in [-0.3, -0.25) is 0 Å². The number of methoxy groups -OCH3 is 2. The summed E-state index contributed by atoms with van der Waals surface area (Å²) >= 11 is 0. The molecular formula is C13H31NO3Si. The molecule has 0 fully saturated rings. The monoisotopic (exact) mass is 277 g/mol. The lowest BCUT2D eigenvalue weighted by atomic mass is 10.4. The lowest BCUT2D eigenvalue weighted by Gasteiger charge is -2.17. The Kier molecular flexibility index (Phi) is 13.5. The van der Waals surface area contributed by atoms with Crippen LogP contribution < -0.4 is 0 Å². The molecule has 18 heavy (non-hydrogen) atoms. The zero-order valence-corrected chi connectivity index (χ0v) is 14.0. The van der Waals surface area contributed by atoms with Gasteiger partial charge in [-0.25, -0.2) is 0 Å². The van der Waals surface area contributed by atoms with Crippen molar-refractivity contribution in [2.75, 3.05) is 47.1 Å². The summed E-state index contributed by atoms with van der Waals surface area (Å²) in [6.45, 7) is 9.60. The van der Waals surface area contributed by atoms with Gasteiger partial charge in [-0.2, -0.15) is 0 Å². The Morgan fingerprint density at radius 1 is 1.00 bits per heavy atom. The normalized spacial score (nSPS) is 12.3. The fourth-order valence-electron chi connectivity index (χ4n) is 1.88. The molecule has 0 aliphatic rings. The van der Waals surface area contributed by atoms with Crippen LogP contribution in [0.25, 0.3) is 0 Å². The summed E-state index contributed by atoms with van der Waals surface area (Å²) in [5.41, 5.74) is 0. The molecule has 5 heteroatoms. The molecule has 0 N–H and O–H groups in total. The second-order valence-corrected chi connectivity index (χ2v) is 6.34. The lowest BCUT2D eigenvalue weighted by molar-refractivity contribution is -0.0442. The van der Waals surface area contributed by atoms with Crippen molar-refractivity contribution < 1.29 is 14.2 Å². The van der Waals surface area contributed by atoms with Crippen molar-refractivity contribution in [3.05, 3.63) is 0 Å². The largest absolute Gasteiger partial charge is 0.381 e. The average molecular weight is 277 g/mol. The zero-order valence-electron chi connectivity index (χ0n) is 12.6. The van der Waals surface area contributed by atoms with Crippen LogP contribution >= 0.6 is 0 Å². The molecule has 0 heterocycles. The molecule has 0 bridgehead atoms. The number of hydrogen-bond acceptors (Lipinski definition) is 4. The Hall–Kier alpha value is 0.0569. The molecule has 0 aliphatic heterocycles. The lowest BCUT2D eigenvalue weighted by Crippen LogP contribution is -2.25. The van der Waals surface area contributed by atoms with Crippen LogP contribution in [0.15, 0.2) is 0 Å². The fraction of sp³-hybridized carbons (Fsp3) is 1.00. The highest BCUT2D eigenvalue weighted by Crippen LogP contribution is 1.98. The molecule has 0 radical (unpaired) electrons. The highest BCUT2D eigenvalue weighted by Gasteiger charge is 2.04. The van der Waals surface area contributed by atoms with E-state index in [2.05, 4.69) is 18.7 Å². The molecular weight excluding hydrogens is 246 g/mol. The summed E-state index contributed by atoms with van der Waals surface area (Å²) in [6, 6.07) is 1.22. The molecule has 0 saturated carbocycles. The van der Waals surface area contributed by atoms with E-state index < -0.39 is 0 Å². The number of hydrogen-bond donors (Lipinski definition) is 0. The van der Waals surface area contributed by atoms with Gasteiger partial charge < -0.3 is 19.1 Å². The molecule has 0 amide bonds. The standard InChI is InChI=1S/C13H31NO3Si/c1-5-14(6-2)9-7-10-17-11-8-12-18-13(15-3)16-4/h13H,5-12,18H2,1-4H3. The van der Waals surface area contributed by atoms with Crippen LogP contribution in [0.2, 0.25) is 6.04 Å². The summed E-state index contributed by atoms with van der Waals surface area (Å²) in [5, 5.41) is 0. The Bertz CT molecular complexity index is 146.